The molecule has 14 heavy (non-hydrogen) atoms. The van der Waals surface area contributed by atoms with Crippen molar-refractivity contribution >= 4 is 5.78 Å². The minimum absolute atomic E-state index is 0.0889. The average Bonchev–Trinajstić information content (AvgIpc) is 2.16. The highest BCUT2D eigenvalue weighted by Gasteiger charge is 2.17. The van der Waals surface area contributed by atoms with Crippen molar-refractivity contribution in [2.45, 2.75) is 65.4 Å². The first-order valence-corrected chi connectivity index (χ1v) is 5.78. The minimum atomic E-state index is -0.436. The average molecular weight is 200 g/mol. The molecule has 0 heterocycles. The number of hydrogen-bond acceptors (Lipinski definition) is 2. The summed E-state index contributed by atoms with van der Waals surface area (Å²) in [5.74, 6) is -0.104. The molecule has 2 nitrogen and oxygen atoms in total. The van der Waals surface area contributed by atoms with Crippen molar-refractivity contribution in [2.75, 3.05) is 0 Å². The van der Waals surface area contributed by atoms with Crippen LogP contribution in [0, 0.1) is 5.92 Å². The van der Waals surface area contributed by atoms with Crippen molar-refractivity contribution in [3.05, 3.63) is 0 Å². The normalized spacial score (nSPS) is 15.1. The van der Waals surface area contributed by atoms with Crippen LogP contribution in [0.4, 0.5) is 0 Å². The highest BCUT2D eigenvalue weighted by molar-refractivity contribution is 5.78. The molecule has 0 spiro atoms. The molecule has 0 saturated carbocycles. The van der Waals surface area contributed by atoms with Gasteiger partial charge in [0, 0.05) is 5.92 Å². The van der Waals surface area contributed by atoms with E-state index < -0.39 is 6.10 Å². The second-order valence-corrected chi connectivity index (χ2v) is 4.17. The Morgan fingerprint density at radius 3 is 2.29 bits per heavy atom. The van der Waals surface area contributed by atoms with E-state index >= 15 is 0 Å². The van der Waals surface area contributed by atoms with Crippen LogP contribution in [0.25, 0.3) is 0 Å². The maximum absolute atomic E-state index is 11.0. The molecule has 84 valence electrons. The molecule has 0 amide bonds. The molecule has 0 unspecified atom stereocenters. The van der Waals surface area contributed by atoms with Gasteiger partial charge in [-0.25, -0.2) is 0 Å². The van der Waals surface area contributed by atoms with E-state index in [-0.39, 0.29) is 11.7 Å². The van der Waals surface area contributed by atoms with Crippen molar-refractivity contribution in [1.82, 2.24) is 0 Å². The van der Waals surface area contributed by atoms with Gasteiger partial charge in [0.25, 0.3) is 0 Å². The predicted octanol–water partition coefficient (Wildman–Crippen LogP) is 2.93. The highest BCUT2D eigenvalue weighted by atomic mass is 16.3. The molecule has 0 bridgehead atoms. The maximum Gasteiger partial charge on any atom is 0.135 e. The van der Waals surface area contributed by atoms with E-state index in [2.05, 4.69) is 6.92 Å². The first kappa shape index (κ1) is 13.6. The Hall–Kier alpha value is -0.370. The van der Waals surface area contributed by atoms with E-state index in [0.717, 1.165) is 12.8 Å². The zero-order valence-electron chi connectivity index (χ0n) is 9.75. The molecule has 0 aliphatic carbocycles. The van der Waals surface area contributed by atoms with Crippen LogP contribution in [0.2, 0.25) is 0 Å². The number of unbranched alkanes of at least 4 members (excludes halogenated alkanes) is 4. The van der Waals surface area contributed by atoms with E-state index in [1.165, 1.54) is 25.7 Å². The smallest absolute Gasteiger partial charge is 0.135 e. The SMILES string of the molecule is CCCCCCC[C@H](O)[C@@H](C)C(C)=O. The zero-order valence-corrected chi connectivity index (χ0v) is 9.75. The van der Waals surface area contributed by atoms with Gasteiger partial charge in [0.2, 0.25) is 0 Å². The van der Waals surface area contributed by atoms with E-state index in [0.29, 0.717) is 0 Å². The monoisotopic (exact) mass is 200 g/mol. The Kier molecular flexibility index (Phi) is 7.77. The largest absolute Gasteiger partial charge is 0.392 e. The third-order valence-corrected chi connectivity index (χ3v) is 2.82. The number of aliphatic hydroxyl groups excluding tert-OH is 1. The first-order valence-electron chi connectivity index (χ1n) is 5.78. The molecule has 2 heteroatoms. The molecule has 0 saturated heterocycles. The molecular weight excluding hydrogens is 176 g/mol. The van der Waals surface area contributed by atoms with Crippen molar-refractivity contribution in [3.8, 4) is 0 Å². The Bertz CT molecular complexity index is 154. The second-order valence-electron chi connectivity index (χ2n) is 4.17. The molecule has 1 N–H and O–H groups in total. The molecule has 0 aromatic carbocycles. The summed E-state index contributed by atoms with van der Waals surface area (Å²) in [5.41, 5.74) is 0. The molecule has 0 aromatic rings. The summed E-state index contributed by atoms with van der Waals surface area (Å²) < 4.78 is 0. The van der Waals surface area contributed by atoms with Gasteiger partial charge in [-0.15, -0.1) is 0 Å². The summed E-state index contributed by atoms with van der Waals surface area (Å²) in [4.78, 5) is 11.0. The number of hydrogen-bond donors (Lipinski definition) is 1. The van der Waals surface area contributed by atoms with Gasteiger partial charge in [-0.3, -0.25) is 4.79 Å². The van der Waals surface area contributed by atoms with Crippen molar-refractivity contribution in [1.29, 1.82) is 0 Å². The summed E-state index contributed by atoms with van der Waals surface area (Å²) in [6.45, 7) is 5.54. The zero-order chi connectivity index (χ0) is 11.0. The van der Waals surface area contributed by atoms with Crippen molar-refractivity contribution in [2.24, 2.45) is 5.92 Å². The lowest BCUT2D eigenvalue weighted by molar-refractivity contribution is -0.123. The van der Waals surface area contributed by atoms with Gasteiger partial charge in [0.15, 0.2) is 0 Å². The van der Waals surface area contributed by atoms with Crippen LogP contribution in [0.1, 0.15) is 59.3 Å². The van der Waals surface area contributed by atoms with E-state index in [4.69, 9.17) is 0 Å². The van der Waals surface area contributed by atoms with Crippen LogP contribution < -0.4 is 0 Å². The summed E-state index contributed by atoms with van der Waals surface area (Å²) >= 11 is 0. The third-order valence-electron chi connectivity index (χ3n) is 2.82. The van der Waals surface area contributed by atoms with Gasteiger partial charge in [-0.05, 0) is 13.3 Å². The molecule has 0 aliphatic heterocycles. The van der Waals surface area contributed by atoms with Crippen LogP contribution in [-0.2, 0) is 4.79 Å². The van der Waals surface area contributed by atoms with Gasteiger partial charge in [-0.1, -0.05) is 46.0 Å². The number of aliphatic hydroxyl groups is 1. The van der Waals surface area contributed by atoms with E-state index in [9.17, 15) is 9.90 Å². The van der Waals surface area contributed by atoms with Crippen molar-refractivity contribution < 1.29 is 9.90 Å². The maximum atomic E-state index is 11.0. The molecular formula is C12H24O2. The number of rotatable bonds is 8. The lowest BCUT2D eigenvalue weighted by atomic mass is 9.96. The highest BCUT2D eigenvalue weighted by Crippen LogP contribution is 2.13. The fourth-order valence-corrected chi connectivity index (χ4v) is 1.48. The molecule has 0 aromatic heterocycles. The van der Waals surface area contributed by atoms with Crippen molar-refractivity contribution in [3.63, 3.8) is 0 Å². The predicted molar refractivity (Wildman–Crippen MR) is 59.2 cm³/mol. The topological polar surface area (TPSA) is 37.3 Å². The lowest BCUT2D eigenvalue weighted by Gasteiger charge is -2.15. The van der Waals surface area contributed by atoms with Gasteiger partial charge in [-0.2, -0.15) is 0 Å². The second kappa shape index (κ2) is 7.98. The van der Waals surface area contributed by atoms with Crippen LogP contribution in [0.3, 0.4) is 0 Å². The Labute approximate surface area is 87.7 Å². The van der Waals surface area contributed by atoms with Gasteiger partial charge >= 0.3 is 0 Å². The van der Waals surface area contributed by atoms with Crippen LogP contribution in [0.5, 0.6) is 0 Å². The summed E-state index contributed by atoms with van der Waals surface area (Å²) in [6.07, 6.45) is 6.32. The molecule has 0 radical (unpaired) electrons. The fraction of sp³-hybridized carbons (Fsp3) is 0.917. The van der Waals surface area contributed by atoms with Gasteiger partial charge in [0.05, 0.1) is 6.10 Å². The first-order chi connectivity index (χ1) is 6.59. The third kappa shape index (κ3) is 6.14. The number of carbonyl (C=O) groups is 1. The van der Waals surface area contributed by atoms with Crippen LogP contribution >= 0.6 is 0 Å². The number of Topliss-reactive ketones (excluding diaryl/α,β-unsaturated/α-hetero) is 1. The van der Waals surface area contributed by atoms with Gasteiger partial charge in [0.1, 0.15) is 5.78 Å². The fourth-order valence-electron chi connectivity index (χ4n) is 1.48. The number of carbonyl (C=O) groups excluding carboxylic acids is 1. The standard InChI is InChI=1S/C12H24O2/c1-4-5-6-7-8-9-12(14)10(2)11(3)13/h10,12,14H,4-9H2,1-3H3/t10-,12-/m0/s1. The Morgan fingerprint density at radius 1 is 1.21 bits per heavy atom. The molecule has 2 atom stereocenters. The van der Waals surface area contributed by atoms with Crippen LogP contribution in [0.15, 0.2) is 0 Å². The van der Waals surface area contributed by atoms with E-state index in [1.54, 1.807) is 13.8 Å². The molecule has 0 rings (SSSR count). The Morgan fingerprint density at radius 2 is 1.79 bits per heavy atom. The quantitative estimate of drug-likeness (QED) is 0.612. The minimum Gasteiger partial charge on any atom is -0.392 e. The summed E-state index contributed by atoms with van der Waals surface area (Å²) in [6, 6.07) is 0. The Balaban J connectivity index is 3.43. The van der Waals surface area contributed by atoms with E-state index in [1.807, 2.05) is 0 Å². The lowest BCUT2D eigenvalue weighted by Crippen LogP contribution is -2.23. The molecule has 0 aliphatic rings. The van der Waals surface area contributed by atoms with Gasteiger partial charge < -0.3 is 5.11 Å². The summed E-state index contributed by atoms with van der Waals surface area (Å²) in [7, 11) is 0. The number of ketones is 1. The summed E-state index contributed by atoms with van der Waals surface area (Å²) in [5, 5.41) is 9.62. The van der Waals surface area contributed by atoms with Crippen LogP contribution in [-0.4, -0.2) is 17.0 Å². The molecule has 0 fully saturated rings.